The van der Waals surface area contributed by atoms with E-state index in [0.717, 1.165) is 30.8 Å². The van der Waals surface area contributed by atoms with Crippen LogP contribution in [-0.2, 0) is 9.59 Å². The van der Waals surface area contributed by atoms with E-state index in [9.17, 15) is 14.4 Å². The molecule has 0 bridgehead atoms. The van der Waals surface area contributed by atoms with Crippen molar-refractivity contribution in [2.24, 2.45) is 5.92 Å². The second-order valence-electron chi connectivity index (χ2n) is 5.19. The van der Waals surface area contributed by atoms with Gasteiger partial charge >= 0.3 is 6.03 Å². The van der Waals surface area contributed by atoms with Crippen molar-refractivity contribution in [1.29, 1.82) is 0 Å². The van der Waals surface area contributed by atoms with Gasteiger partial charge in [0.1, 0.15) is 6.04 Å². The van der Waals surface area contributed by atoms with Gasteiger partial charge in [-0.05, 0) is 18.8 Å². The average Bonchev–Trinajstić information content (AvgIpc) is 2.57. The lowest BCUT2D eigenvalue weighted by molar-refractivity contribution is -0.137. The number of piperidine rings is 1. The van der Waals surface area contributed by atoms with Crippen LogP contribution in [0.15, 0.2) is 0 Å². The summed E-state index contributed by atoms with van der Waals surface area (Å²) in [5.41, 5.74) is 0. The zero-order chi connectivity index (χ0) is 13.3. The maximum absolute atomic E-state index is 12.0. The third-order valence-corrected chi connectivity index (χ3v) is 3.62. The van der Waals surface area contributed by atoms with E-state index in [2.05, 4.69) is 12.2 Å². The van der Waals surface area contributed by atoms with E-state index in [1.807, 2.05) is 0 Å². The highest BCUT2D eigenvalue weighted by Gasteiger charge is 2.37. The Kier molecular flexibility index (Phi) is 3.54. The van der Waals surface area contributed by atoms with Crippen molar-refractivity contribution in [1.82, 2.24) is 15.1 Å². The number of likely N-dealkylation sites (tertiary alicyclic amines) is 2. The fraction of sp³-hybridized carbons (Fsp3) is 0.750. The largest absolute Gasteiger partial charge is 0.326 e. The van der Waals surface area contributed by atoms with Gasteiger partial charge in [-0.3, -0.25) is 14.5 Å². The van der Waals surface area contributed by atoms with Crippen LogP contribution in [0, 0.1) is 5.92 Å². The number of urea groups is 1. The first-order valence-electron chi connectivity index (χ1n) is 6.35. The molecule has 2 unspecified atom stereocenters. The van der Waals surface area contributed by atoms with Gasteiger partial charge in [-0.2, -0.15) is 0 Å². The van der Waals surface area contributed by atoms with Crippen molar-refractivity contribution >= 4 is 17.8 Å². The van der Waals surface area contributed by atoms with Gasteiger partial charge < -0.3 is 10.2 Å². The number of amides is 4. The summed E-state index contributed by atoms with van der Waals surface area (Å²) in [7, 11) is 1.44. The number of nitrogens with zero attached hydrogens (tertiary/aromatic N) is 2. The monoisotopic (exact) mass is 253 g/mol. The highest BCUT2D eigenvalue weighted by Crippen LogP contribution is 2.16. The zero-order valence-electron chi connectivity index (χ0n) is 10.8. The van der Waals surface area contributed by atoms with Gasteiger partial charge in [0.05, 0.1) is 6.42 Å². The standard InChI is InChI=1S/C12H19N3O3/c1-8-4-3-5-15(7-8)12(18)13-9-6-10(16)14(2)11(9)17/h8-9H,3-7H2,1-2H3,(H,13,18). The Hall–Kier alpha value is -1.59. The minimum absolute atomic E-state index is 0.0739. The molecule has 2 fully saturated rings. The van der Waals surface area contributed by atoms with Crippen molar-refractivity contribution in [3.63, 3.8) is 0 Å². The molecule has 0 saturated carbocycles. The van der Waals surface area contributed by atoms with E-state index in [0.29, 0.717) is 5.92 Å². The van der Waals surface area contributed by atoms with E-state index in [1.54, 1.807) is 4.90 Å². The first-order chi connectivity index (χ1) is 8.49. The molecule has 6 nitrogen and oxygen atoms in total. The lowest BCUT2D eigenvalue weighted by Gasteiger charge is -2.31. The van der Waals surface area contributed by atoms with Gasteiger partial charge in [-0.1, -0.05) is 6.92 Å². The maximum Gasteiger partial charge on any atom is 0.318 e. The third-order valence-electron chi connectivity index (χ3n) is 3.62. The average molecular weight is 253 g/mol. The smallest absolute Gasteiger partial charge is 0.318 e. The van der Waals surface area contributed by atoms with Crippen molar-refractivity contribution in [2.45, 2.75) is 32.2 Å². The van der Waals surface area contributed by atoms with Crippen LogP contribution in [0.4, 0.5) is 4.79 Å². The molecule has 0 spiro atoms. The van der Waals surface area contributed by atoms with Crippen molar-refractivity contribution < 1.29 is 14.4 Å². The van der Waals surface area contributed by atoms with Crippen LogP contribution in [0.1, 0.15) is 26.2 Å². The zero-order valence-corrected chi connectivity index (χ0v) is 10.8. The first kappa shape index (κ1) is 12.9. The summed E-state index contributed by atoms with van der Waals surface area (Å²) < 4.78 is 0. The van der Waals surface area contributed by atoms with Crippen molar-refractivity contribution in [3.05, 3.63) is 0 Å². The van der Waals surface area contributed by atoms with Gasteiger partial charge in [0.2, 0.25) is 5.91 Å². The van der Waals surface area contributed by atoms with E-state index in [-0.39, 0.29) is 24.3 Å². The summed E-state index contributed by atoms with van der Waals surface area (Å²) in [5, 5.41) is 2.65. The minimum atomic E-state index is -0.688. The number of hydrogen-bond donors (Lipinski definition) is 1. The van der Waals surface area contributed by atoms with Crippen LogP contribution >= 0.6 is 0 Å². The molecule has 2 atom stereocenters. The van der Waals surface area contributed by atoms with E-state index >= 15 is 0 Å². The Labute approximate surface area is 106 Å². The number of likely N-dealkylation sites (N-methyl/N-ethyl adjacent to an activating group) is 1. The summed E-state index contributed by atoms with van der Waals surface area (Å²) in [6.45, 7) is 3.55. The Morgan fingerprint density at radius 2 is 2.11 bits per heavy atom. The highest BCUT2D eigenvalue weighted by molar-refractivity contribution is 6.06. The lowest BCUT2D eigenvalue weighted by atomic mass is 10.0. The molecule has 0 radical (unpaired) electrons. The molecule has 2 aliphatic rings. The molecule has 0 aromatic heterocycles. The van der Waals surface area contributed by atoms with Crippen molar-refractivity contribution in [2.75, 3.05) is 20.1 Å². The minimum Gasteiger partial charge on any atom is -0.326 e. The second kappa shape index (κ2) is 4.96. The normalized spacial score (nSPS) is 28.8. The Bertz CT molecular complexity index is 383. The third kappa shape index (κ3) is 2.47. The van der Waals surface area contributed by atoms with Gasteiger partial charge in [-0.15, -0.1) is 0 Å². The molecule has 0 aromatic rings. The second-order valence-corrected chi connectivity index (χ2v) is 5.19. The fourth-order valence-corrected chi connectivity index (χ4v) is 2.48. The molecular formula is C12H19N3O3. The van der Waals surface area contributed by atoms with Gasteiger partial charge in [0.15, 0.2) is 0 Å². The molecule has 100 valence electrons. The summed E-state index contributed by atoms with van der Waals surface area (Å²) >= 11 is 0. The Morgan fingerprint density at radius 3 is 2.67 bits per heavy atom. The topological polar surface area (TPSA) is 69.7 Å². The molecule has 2 rings (SSSR count). The predicted octanol–water partition coefficient (Wildman–Crippen LogP) is 0.185. The molecule has 2 aliphatic heterocycles. The molecule has 6 heteroatoms. The first-order valence-corrected chi connectivity index (χ1v) is 6.35. The summed E-state index contributed by atoms with van der Waals surface area (Å²) in [5.74, 6) is -0.0659. The Balaban J connectivity index is 1.91. The van der Waals surface area contributed by atoms with Crippen LogP contribution < -0.4 is 5.32 Å². The maximum atomic E-state index is 12.0. The van der Waals surface area contributed by atoms with Crippen LogP contribution in [0.5, 0.6) is 0 Å². The molecule has 18 heavy (non-hydrogen) atoms. The summed E-state index contributed by atoms with van der Waals surface area (Å²) in [6, 6.07) is -0.921. The van der Waals surface area contributed by atoms with Crippen LogP contribution in [0.2, 0.25) is 0 Å². The molecular weight excluding hydrogens is 234 g/mol. The van der Waals surface area contributed by atoms with Gasteiger partial charge in [-0.25, -0.2) is 4.79 Å². The van der Waals surface area contributed by atoms with E-state index in [4.69, 9.17) is 0 Å². The molecule has 2 saturated heterocycles. The number of carbonyl (C=O) groups excluding carboxylic acids is 3. The van der Waals surface area contributed by atoms with Crippen molar-refractivity contribution in [3.8, 4) is 0 Å². The Morgan fingerprint density at radius 1 is 1.39 bits per heavy atom. The van der Waals surface area contributed by atoms with Gasteiger partial charge in [0, 0.05) is 20.1 Å². The SMILES string of the molecule is CC1CCCN(C(=O)NC2CC(=O)N(C)C2=O)C1. The molecule has 1 N–H and O–H groups in total. The predicted molar refractivity (Wildman–Crippen MR) is 64.7 cm³/mol. The number of hydrogen-bond acceptors (Lipinski definition) is 3. The molecule has 0 aromatic carbocycles. The number of rotatable bonds is 1. The van der Waals surface area contributed by atoms with Crippen LogP contribution in [0.3, 0.4) is 0 Å². The fourth-order valence-electron chi connectivity index (χ4n) is 2.48. The number of carbonyl (C=O) groups is 3. The number of nitrogens with one attached hydrogen (secondary N) is 1. The van der Waals surface area contributed by atoms with E-state index in [1.165, 1.54) is 7.05 Å². The number of imide groups is 1. The summed E-state index contributed by atoms with van der Waals surface area (Å²) in [4.78, 5) is 37.8. The van der Waals surface area contributed by atoms with Crippen LogP contribution in [0.25, 0.3) is 0 Å². The van der Waals surface area contributed by atoms with Crippen LogP contribution in [-0.4, -0.2) is 53.8 Å². The van der Waals surface area contributed by atoms with Gasteiger partial charge in [0.25, 0.3) is 5.91 Å². The molecule has 0 aliphatic carbocycles. The quantitative estimate of drug-likeness (QED) is 0.678. The lowest BCUT2D eigenvalue weighted by Crippen LogP contribution is -2.50. The molecule has 4 amide bonds. The molecule has 2 heterocycles. The van der Waals surface area contributed by atoms with E-state index < -0.39 is 6.04 Å². The highest BCUT2D eigenvalue weighted by atomic mass is 16.2. The summed E-state index contributed by atoms with van der Waals surface area (Å²) in [6.07, 6.45) is 2.20.